The molecular weight excluding hydrogens is 318 g/mol. The molecule has 0 radical (unpaired) electrons. The van der Waals surface area contributed by atoms with Crippen molar-refractivity contribution < 1.29 is 13.9 Å². The van der Waals surface area contributed by atoms with Gasteiger partial charge in [0.05, 0.1) is 7.11 Å². The zero-order valence-corrected chi connectivity index (χ0v) is 15.4. The molecule has 1 aliphatic heterocycles. The molecule has 2 aromatic rings. The van der Waals surface area contributed by atoms with Crippen LogP contribution in [0.15, 0.2) is 42.5 Å². The second-order valence-corrected chi connectivity index (χ2v) is 11.2. The Labute approximate surface area is 143 Å². The van der Waals surface area contributed by atoms with E-state index in [1.807, 2.05) is 42.5 Å². The topological polar surface area (TPSA) is 51.5 Å². The lowest BCUT2D eigenvalue weighted by atomic mass is 9.85. The van der Waals surface area contributed by atoms with Crippen LogP contribution in [0.1, 0.15) is 16.7 Å². The van der Waals surface area contributed by atoms with E-state index in [2.05, 4.69) is 25.7 Å². The first-order valence-corrected chi connectivity index (χ1v) is 11.3. The average molecular weight is 339 g/mol. The lowest BCUT2D eigenvalue weighted by molar-refractivity contribution is 0.162. The summed E-state index contributed by atoms with van der Waals surface area (Å²) in [5.74, 6) is 1.34. The van der Waals surface area contributed by atoms with Gasteiger partial charge in [-0.25, -0.2) is 0 Å². The molecule has 1 atom stereocenters. The van der Waals surface area contributed by atoms with Crippen LogP contribution < -0.4 is 9.47 Å². The van der Waals surface area contributed by atoms with Gasteiger partial charge in [0.25, 0.3) is 0 Å². The van der Waals surface area contributed by atoms with Crippen LogP contribution in [0.5, 0.6) is 11.5 Å². The van der Waals surface area contributed by atoms with Gasteiger partial charge >= 0.3 is 0 Å². The molecule has 0 saturated heterocycles. The van der Waals surface area contributed by atoms with Crippen molar-refractivity contribution in [1.29, 1.82) is 5.26 Å². The Bertz CT molecular complexity index is 807. The van der Waals surface area contributed by atoms with Gasteiger partial charge in [-0.15, -0.1) is 0 Å². The van der Waals surface area contributed by atoms with E-state index in [1.165, 1.54) is 0 Å². The van der Waals surface area contributed by atoms with Gasteiger partial charge in [-0.05, 0) is 43.4 Å². The van der Waals surface area contributed by atoms with Crippen LogP contribution >= 0.6 is 0 Å². The number of nitriles is 1. The monoisotopic (exact) mass is 339 g/mol. The van der Waals surface area contributed by atoms with Crippen molar-refractivity contribution in [2.24, 2.45) is 0 Å². The minimum absolute atomic E-state index is 0.411. The first kappa shape index (κ1) is 16.6. The highest BCUT2D eigenvalue weighted by Crippen LogP contribution is 2.45. The van der Waals surface area contributed by atoms with Crippen LogP contribution in [-0.4, -0.2) is 15.4 Å². The predicted molar refractivity (Wildman–Crippen MR) is 94.6 cm³/mol. The molecule has 3 rings (SSSR count). The summed E-state index contributed by atoms with van der Waals surface area (Å²) < 4.78 is 17.8. The van der Waals surface area contributed by atoms with E-state index in [9.17, 15) is 5.26 Å². The fourth-order valence-corrected chi connectivity index (χ4v) is 4.22. The number of hydrogen-bond acceptors (Lipinski definition) is 4. The summed E-state index contributed by atoms with van der Waals surface area (Å²) in [6.07, 6.45) is 0. The molecule has 0 saturated carbocycles. The maximum atomic E-state index is 10.2. The highest BCUT2D eigenvalue weighted by Gasteiger charge is 2.45. The molecule has 5 heteroatoms. The third-order valence-corrected chi connectivity index (χ3v) is 4.88. The summed E-state index contributed by atoms with van der Waals surface area (Å²) in [5, 5.41) is 10.2. The average Bonchev–Trinajstić information content (AvgIpc) is 2.69. The van der Waals surface area contributed by atoms with Crippen LogP contribution in [0.3, 0.4) is 0 Å². The van der Waals surface area contributed by atoms with Crippen molar-refractivity contribution in [3.63, 3.8) is 0 Å². The Morgan fingerprint density at radius 2 is 1.88 bits per heavy atom. The summed E-state index contributed by atoms with van der Waals surface area (Å²) in [4.78, 5) is 0. The number of ether oxygens (including phenoxy) is 2. The van der Waals surface area contributed by atoms with Crippen LogP contribution in [0.25, 0.3) is 0 Å². The van der Waals surface area contributed by atoms with E-state index in [0.717, 1.165) is 11.1 Å². The predicted octanol–water partition coefficient (Wildman–Crippen LogP) is 4.21. The molecular formula is C19H21NO3Si. The number of methoxy groups -OCH3 is 1. The fourth-order valence-electron chi connectivity index (χ4n) is 3.04. The van der Waals surface area contributed by atoms with Crippen LogP contribution in [0, 0.1) is 11.3 Å². The van der Waals surface area contributed by atoms with Crippen molar-refractivity contribution in [3.8, 4) is 17.6 Å². The molecule has 4 nitrogen and oxygen atoms in total. The summed E-state index contributed by atoms with van der Waals surface area (Å²) in [5.41, 5.74) is 1.33. The van der Waals surface area contributed by atoms with Crippen molar-refractivity contribution in [1.82, 2.24) is 0 Å². The lowest BCUT2D eigenvalue weighted by Gasteiger charge is -2.34. The van der Waals surface area contributed by atoms with Gasteiger partial charge in [-0.3, -0.25) is 0 Å². The van der Waals surface area contributed by atoms with Gasteiger partial charge in [0.15, 0.2) is 13.9 Å². The Morgan fingerprint density at radius 1 is 1.12 bits per heavy atom. The van der Waals surface area contributed by atoms with E-state index in [1.54, 1.807) is 7.11 Å². The van der Waals surface area contributed by atoms with E-state index >= 15 is 0 Å². The molecule has 0 N–H and O–H groups in total. The van der Waals surface area contributed by atoms with E-state index in [4.69, 9.17) is 13.9 Å². The van der Waals surface area contributed by atoms with Gasteiger partial charge < -0.3 is 13.9 Å². The summed E-state index contributed by atoms with van der Waals surface area (Å²) in [6.45, 7) is 6.66. The third kappa shape index (κ3) is 2.79. The van der Waals surface area contributed by atoms with Gasteiger partial charge in [-0.1, -0.05) is 24.3 Å². The largest absolute Gasteiger partial charge is 0.497 e. The van der Waals surface area contributed by atoms with Gasteiger partial charge in [-0.2, -0.15) is 5.26 Å². The van der Waals surface area contributed by atoms with E-state index < -0.39 is 13.9 Å². The van der Waals surface area contributed by atoms with Crippen LogP contribution in [0.4, 0.5) is 0 Å². The minimum Gasteiger partial charge on any atom is -0.497 e. The molecule has 0 aromatic heterocycles. The highest BCUT2D eigenvalue weighted by atomic mass is 28.4. The Balaban J connectivity index is 2.34. The maximum Gasteiger partial charge on any atom is 0.200 e. The Hall–Kier alpha value is -2.29. The molecule has 1 unspecified atom stereocenters. The first-order chi connectivity index (χ1) is 11.4. The molecule has 0 fully saturated rings. The molecule has 0 bridgehead atoms. The number of hydrogen-bond donors (Lipinski definition) is 0. The van der Waals surface area contributed by atoms with Crippen molar-refractivity contribution in [2.75, 3.05) is 7.11 Å². The van der Waals surface area contributed by atoms with E-state index in [0.29, 0.717) is 23.7 Å². The molecule has 0 amide bonds. The van der Waals surface area contributed by atoms with Gasteiger partial charge in [0.2, 0.25) is 0 Å². The summed E-state index contributed by atoms with van der Waals surface area (Å²) in [7, 11) is -0.432. The number of nitrogens with zero attached hydrogens (tertiary/aromatic N) is 1. The maximum absolute atomic E-state index is 10.2. The zero-order chi connectivity index (χ0) is 17.4. The molecule has 1 aliphatic rings. The SMILES string of the molecule is COc1ccc2c(c1)C(C#N)(O[Si](C)(C)C)c1ccccc1CO2. The van der Waals surface area contributed by atoms with Crippen LogP contribution in [0.2, 0.25) is 19.6 Å². The first-order valence-electron chi connectivity index (χ1n) is 7.91. The summed E-state index contributed by atoms with van der Waals surface area (Å²) in [6, 6.07) is 15.8. The quantitative estimate of drug-likeness (QED) is 0.786. The smallest absolute Gasteiger partial charge is 0.200 e. The van der Waals surface area contributed by atoms with Crippen molar-refractivity contribution >= 4 is 8.32 Å². The Morgan fingerprint density at radius 3 is 2.54 bits per heavy atom. The van der Waals surface area contributed by atoms with E-state index in [-0.39, 0.29) is 0 Å². The molecule has 0 spiro atoms. The summed E-state index contributed by atoms with van der Waals surface area (Å²) >= 11 is 0. The molecule has 0 aliphatic carbocycles. The highest BCUT2D eigenvalue weighted by molar-refractivity contribution is 6.69. The van der Waals surface area contributed by atoms with Crippen molar-refractivity contribution in [2.45, 2.75) is 31.8 Å². The molecule has 1 heterocycles. The Kier molecular flexibility index (Phi) is 4.12. The number of rotatable bonds is 3. The molecule has 124 valence electrons. The van der Waals surface area contributed by atoms with Crippen LogP contribution in [-0.2, 0) is 16.6 Å². The van der Waals surface area contributed by atoms with Gasteiger partial charge in [0, 0.05) is 11.1 Å². The number of benzene rings is 2. The van der Waals surface area contributed by atoms with Crippen molar-refractivity contribution in [3.05, 3.63) is 59.2 Å². The third-order valence-electron chi connectivity index (χ3n) is 3.96. The second kappa shape index (κ2) is 5.97. The molecule has 2 aromatic carbocycles. The standard InChI is InChI=1S/C19H21NO3Si/c1-21-15-9-10-18-17(11-15)19(13-20,23-24(2,3)4)16-8-6-5-7-14(16)12-22-18/h5-11H,12H2,1-4H3. The second-order valence-electron chi connectivity index (χ2n) is 6.82. The normalized spacial score (nSPS) is 19.3. The zero-order valence-electron chi connectivity index (χ0n) is 14.4. The molecule has 24 heavy (non-hydrogen) atoms. The fraction of sp³-hybridized carbons (Fsp3) is 0.316. The van der Waals surface area contributed by atoms with Gasteiger partial charge in [0.1, 0.15) is 24.2 Å². The number of fused-ring (bicyclic) bond motifs is 2. The minimum atomic E-state index is -2.04. The lowest BCUT2D eigenvalue weighted by Crippen LogP contribution is -2.41.